The van der Waals surface area contributed by atoms with Crippen molar-refractivity contribution in [3.8, 4) is 6.07 Å². The number of rotatable bonds is 2. The van der Waals surface area contributed by atoms with Gasteiger partial charge in [0.05, 0.1) is 12.2 Å². The van der Waals surface area contributed by atoms with E-state index in [0.717, 1.165) is 24.7 Å². The fraction of sp³-hybridized carbons (Fsp3) is 0.400. The van der Waals surface area contributed by atoms with E-state index < -0.39 is 5.82 Å². The molecule has 106 valence electrons. The molecule has 0 amide bonds. The molecular formula is C15H14FN5. The molecule has 2 aliphatic rings. The Morgan fingerprint density at radius 2 is 2.10 bits per heavy atom. The summed E-state index contributed by atoms with van der Waals surface area (Å²) < 4.78 is 15.9. The van der Waals surface area contributed by atoms with Gasteiger partial charge in [0, 0.05) is 19.0 Å². The Bertz CT molecular complexity index is 741. The maximum atomic E-state index is 13.7. The molecule has 0 N–H and O–H groups in total. The predicted molar refractivity (Wildman–Crippen MR) is 74.2 cm³/mol. The lowest BCUT2D eigenvalue weighted by molar-refractivity contribution is 0.541. The van der Waals surface area contributed by atoms with Crippen LogP contribution in [0.3, 0.4) is 0 Å². The van der Waals surface area contributed by atoms with E-state index in [0.29, 0.717) is 18.2 Å². The van der Waals surface area contributed by atoms with Crippen LogP contribution >= 0.6 is 0 Å². The molecule has 2 heterocycles. The second kappa shape index (κ2) is 4.55. The Labute approximate surface area is 121 Å². The van der Waals surface area contributed by atoms with Gasteiger partial charge in [-0.15, -0.1) is 10.2 Å². The molecule has 6 heteroatoms. The highest BCUT2D eigenvalue weighted by Crippen LogP contribution is 2.39. The Balaban J connectivity index is 1.67. The summed E-state index contributed by atoms with van der Waals surface area (Å²) in [4.78, 5) is 2.00. The number of fused-ring (bicyclic) bond motifs is 1. The van der Waals surface area contributed by atoms with E-state index in [9.17, 15) is 4.39 Å². The molecule has 0 atom stereocenters. The lowest BCUT2D eigenvalue weighted by Crippen LogP contribution is -2.35. The maximum Gasteiger partial charge on any atom is 0.152 e. The molecule has 1 aliphatic carbocycles. The van der Waals surface area contributed by atoms with Gasteiger partial charge in [-0.2, -0.15) is 5.26 Å². The zero-order valence-electron chi connectivity index (χ0n) is 11.5. The first kappa shape index (κ1) is 12.3. The van der Waals surface area contributed by atoms with Gasteiger partial charge in [-0.3, -0.25) is 0 Å². The van der Waals surface area contributed by atoms with Crippen molar-refractivity contribution in [1.82, 2.24) is 14.8 Å². The van der Waals surface area contributed by atoms with E-state index in [2.05, 4.69) is 14.8 Å². The summed E-state index contributed by atoms with van der Waals surface area (Å²) in [6, 6.07) is 6.70. The third kappa shape index (κ3) is 1.97. The molecule has 1 saturated carbocycles. The zero-order chi connectivity index (χ0) is 14.4. The van der Waals surface area contributed by atoms with Crippen LogP contribution in [-0.2, 0) is 13.1 Å². The summed E-state index contributed by atoms with van der Waals surface area (Å²) in [5.74, 6) is 2.09. The SMILES string of the molecule is N#Cc1c(F)cccc1N1CCn2c(nnc2C2CC2)C1. The summed E-state index contributed by atoms with van der Waals surface area (Å²) in [6.45, 7) is 2.09. The van der Waals surface area contributed by atoms with Crippen LogP contribution in [0.5, 0.6) is 0 Å². The minimum absolute atomic E-state index is 0.105. The molecule has 21 heavy (non-hydrogen) atoms. The van der Waals surface area contributed by atoms with Crippen molar-refractivity contribution in [2.24, 2.45) is 0 Å². The maximum absolute atomic E-state index is 13.7. The number of benzene rings is 1. The molecule has 4 rings (SSSR count). The van der Waals surface area contributed by atoms with Gasteiger partial charge < -0.3 is 9.47 Å². The Kier molecular flexibility index (Phi) is 2.67. The predicted octanol–water partition coefficient (Wildman–Crippen LogP) is 2.19. The fourth-order valence-electron chi connectivity index (χ4n) is 2.92. The van der Waals surface area contributed by atoms with Crippen molar-refractivity contribution in [1.29, 1.82) is 5.26 Å². The smallest absolute Gasteiger partial charge is 0.152 e. The van der Waals surface area contributed by atoms with Crippen LogP contribution in [0.1, 0.15) is 36.0 Å². The van der Waals surface area contributed by atoms with Crippen molar-refractivity contribution in [2.45, 2.75) is 31.8 Å². The number of nitriles is 1. The molecule has 0 radical (unpaired) electrons. The Morgan fingerprint density at radius 1 is 1.24 bits per heavy atom. The van der Waals surface area contributed by atoms with E-state index in [4.69, 9.17) is 5.26 Å². The van der Waals surface area contributed by atoms with Gasteiger partial charge in [0.25, 0.3) is 0 Å². The molecule has 0 unspecified atom stereocenters. The molecule has 0 spiro atoms. The van der Waals surface area contributed by atoms with Crippen LogP contribution in [0.2, 0.25) is 0 Å². The van der Waals surface area contributed by atoms with Gasteiger partial charge in [0.2, 0.25) is 0 Å². The first-order chi connectivity index (χ1) is 10.3. The van der Waals surface area contributed by atoms with Crippen molar-refractivity contribution in [3.63, 3.8) is 0 Å². The molecule has 1 fully saturated rings. The number of anilines is 1. The van der Waals surface area contributed by atoms with Gasteiger partial charge in [-0.1, -0.05) is 6.07 Å². The molecule has 5 nitrogen and oxygen atoms in total. The normalized spacial score (nSPS) is 17.4. The number of halogens is 1. The highest BCUT2D eigenvalue weighted by atomic mass is 19.1. The third-order valence-electron chi connectivity index (χ3n) is 4.17. The van der Waals surface area contributed by atoms with E-state index >= 15 is 0 Å². The lowest BCUT2D eigenvalue weighted by Gasteiger charge is -2.30. The Morgan fingerprint density at radius 3 is 2.86 bits per heavy atom. The quantitative estimate of drug-likeness (QED) is 0.847. The highest BCUT2D eigenvalue weighted by molar-refractivity contribution is 5.60. The largest absolute Gasteiger partial charge is 0.361 e. The minimum Gasteiger partial charge on any atom is -0.361 e. The van der Waals surface area contributed by atoms with E-state index in [-0.39, 0.29) is 5.56 Å². The monoisotopic (exact) mass is 283 g/mol. The van der Waals surface area contributed by atoms with Gasteiger partial charge >= 0.3 is 0 Å². The van der Waals surface area contributed by atoms with Crippen LogP contribution < -0.4 is 4.90 Å². The van der Waals surface area contributed by atoms with E-state index in [1.165, 1.54) is 18.9 Å². The lowest BCUT2D eigenvalue weighted by atomic mass is 10.1. The number of nitrogens with zero attached hydrogens (tertiary/aromatic N) is 5. The van der Waals surface area contributed by atoms with Gasteiger partial charge in [-0.25, -0.2) is 4.39 Å². The fourth-order valence-corrected chi connectivity index (χ4v) is 2.92. The first-order valence-corrected chi connectivity index (χ1v) is 7.13. The molecule has 2 aromatic rings. The summed E-state index contributed by atoms with van der Waals surface area (Å²) in [7, 11) is 0. The number of aromatic nitrogens is 3. The zero-order valence-corrected chi connectivity index (χ0v) is 11.5. The van der Waals surface area contributed by atoms with Crippen LogP contribution in [0.15, 0.2) is 18.2 Å². The summed E-state index contributed by atoms with van der Waals surface area (Å²) in [6.07, 6.45) is 2.40. The van der Waals surface area contributed by atoms with Crippen molar-refractivity contribution >= 4 is 5.69 Å². The van der Waals surface area contributed by atoms with E-state index in [1.807, 2.05) is 11.0 Å². The Hall–Kier alpha value is -2.42. The van der Waals surface area contributed by atoms with Crippen LogP contribution in [0.4, 0.5) is 10.1 Å². The minimum atomic E-state index is -0.472. The molecular weight excluding hydrogens is 269 g/mol. The topological polar surface area (TPSA) is 57.7 Å². The third-order valence-corrected chi connectivity index (χ3v) is 4.17. The average Bonchev–Trinajstić information content (AvgIpc) is 3.26. The molecule has 0 bridgehead atoms. The van der Waals surface area contributed by atoms with E-state index in [1.54, 1.807) is 12.1 Å². The number of hydrogen-bond acceptors (Lipinski definition) is 4. The van der Waals surface area contributed by atoms with Crippen LogP contribution in [-0.4, -0.2) is 21.3 Å². The molecule has 1 aliphatic heterocycles. The summed E-state index contributed by atoms with van der Waals surface area (Å²) in [5.41, 5.74) is 0.743. The molecule has 1 aromatic carbocycles. The summed E-state index contributed by atoms with van der Waals surface area (Å²) >= 11 is 0. The second-order valence-electron chi connectivity index (χ2n) is 5.57. The highest BCUT2D eigenvalue weighted by Gasteiger charge is 2.32. The molecule has 0 saturated heterocycles. The van der Waals surface area contributed by atoms with Crippen LogP contribution in [0.25, 0.3) is 0 Å². The standard InChI is InChI=1S/C15H14FN5/c16-12-2-1-3-13(11(12)8-17)20-6-7-21-14(9-20)18-19-15(21)10-4-5-10/h1-3,10H,4-7,9H2. The average molecular weight is 283 g/mol. The first-order valence-electron chi connectivity index (χ1n) is 7.13. The summed E-state index contributed by atoms with van der Waals surface area (Å²) in [5, 5.41) is 17.7. The van der Waals surface area contributed by atoms with Crippen molar-refractivity contribution in [2.75, 3.05) is 11.4 Å². The number of hydrogen-bond donors (Lipinski definition) is 0. The van der Waals surface area contributed by atoms with Gasteiger partial charge in [0.15, 0.2) is 5.82 Å². The molecule has 1 aromatic heterocycles. The van der Waals surface area contributed by atoms with Crippen molar-refractivity contribution in [3.05, 3.63) is 41.2 Å². The van der Waals surface area contributed by atoms with Crippen molar-refractivity contribution < 1.29 is 4.39 Å². The van der Waals surface area contributed by atoms with Gasteiger partial charge in [0.1, 0.15) is 23.3 Å². The van der Waals surface area contributed by atoms with Crippen LogP contribution in [0, 0.1) is 17.1 Å². The van der Waals surface area contributed by atoms with Gasteiger partial charge in [-0.05, 0) is 25.0 Å². The second-order valence-corrected chi connectivity index (χ2v) is 5.57.